The minimum atomic E-state index is -4.47. The molecule has 0 fully saturated rings. The second-order valence-electron chi connectivity index (χ2n) is 2.52. The first-order chi connectivity index (χ1) is 6.75. The first-order valence-electron chi connectivity index (χ1n) is 3.43. The summed E-state index contributed by atoms with van der Waals surface area (Å²) in [5.41, 5.74) is -1.08. The van der Waals surface area contributed by atoms with Crippen LogP contribution in [0.3, 0.4) is 0 Å². The summed E-state index contributed by atoms with van der Waals surface area (Å²) in [5.74, 6) is -0.731. The van der Waals surface area contributed by atoms with Crippen molar-refractivity contribution in [3.63, 3.8) is 0 Å². The Kier molecular flexibility index (Phi) is 3.12. The van der Waals surface area contributed by atoms with Gasteiger partial charge in [0.15, 0.2) is 5.75 Å². The molecule has 15 heavy (non-hydrogen) atoms. The molecule has 0 radical (unpaired) electrons. The number of primary sulfonamides is 1. The van der Waals surface area contributed by atoms with Crippen LogP contribution in [-0.4, -0.2) is 18.5 Å². The van der Waals surface area contributed by atoms with Gasteiger partial charge in [-0.25, -0.2) is 27.3 Å². The van der Waals surface area contributed by atoms with Gasteiger partial charge in [0.2, 0.25) is 10.0 Å². The fraction of sp³-hybridized carbons (Fsp3) is 0.167. The minimum absolute atomic E-state index is 0.624. The summed E-state index contributed by atoms with van der Waals surface area (Å²) in [6.07, 6.45) is -2.53. The molecule has 3 N–H and O–H groups in total. The van der Waals surface area contributed by atoms with Crippen molar-refractivity contribution >= 4 is 21.6 Å². The highest BCUT2D eigenvalue weighted by molar-refractivity contribution is 7.89. The molecule has 1 rings (SSSR count). The Morgan fingerprint density at radius 2 is 2.07 bits per heavy atom. The largest absolute Gasteiger partial charge is 0.505 e. The van der Waals surface area contributed by atoms with Gasteiger partial charge < -0.3 is 5.11 Å². The molecule has 0 unspecified atom stereocenters. The Morgan fingerprint density at radius 3 is 2.47 bits per heavy atom. The molecule has 1 aromatic heterocycles. The van der Waals surface area contributed by atoms with Crippen LogP contribution in [0.4, 0.5) is 8.78 Å². The average Bonchev–Trinajstić information content (AvgIpc) is 2.06. The molecule has 0 aromatic carbocycles. The van der Waals surface area contributed by atoms with Crippen LogP contribution in [-0.2, 0) is 10.0 Å². The number of nitrogens with two attached hydrogens (primary N) is 1. The molecular formula is C6H5ClF2N2O3S. The van der Waals surface area contributed by atoms with Crippen LogP contribution >= 0.6 is 11.6 Å². The second kappa shape index (κ2) is 3.87. The van der Waals surface area contributed by atoms with Gasteiger partial charge in [0.1, 0.15) is 15.6 Å². The van der Waals surface area contributed by atoms with E-state index in [-0.39, 0.29) is 0 Å². The molecule has 1 heterocycles. The Morgan fingerprint density at radius 1 is 1.53 bits per heavy atom. The Balaban J connectivity index is 3.65. The lowest BCUT2D eigenvalue weighted by molar-refractivity contribution is 0.142. The number of nitrogens with zero attached hydrogens (tertiary/aromatic N) is 1. The van der Waals surface area contributed by atoms with E-state index in [0.717, 1.165) is 0 Å². The SMILES string of the molecule is NS(=O)(=O)c1c(C(F)F)ncc(O)c1Cl. The van der Waals surface area contributed by atoms with Crippen molar-refractivity contribution in [3.8, 4) is 5.75 Å². The van der Waals surface area contributed by atoms with E-state index < -0.39 is 37.8 Å². The first kappa shape index (κ1) is 12.1. The van der Waals surface area contributed by atoms with Crippen LogP contribution in [0.5, 0.6) is 5.75 Å². The third kappa shape index (κ3) is 2.33. The van der Waals surface area contributed by atoms with Gasteiger partial charge in [0.25, 0.3) is 6.43 Å². The molecule has 0 saturated carbocycles. The van der Waals surface area contributed by atoms with Crippen molar-refractivity contribution in [2.75, 3.05) is 0 Å². The molecule has 9 heteroatoms. The fourth-order valence-corrected chi connectivity index (χ4v) is 2.16. The van der Waals surface area contributed by atoms with Gasteiger partial charge in [-0.05, 0) is 0 Å². The highest BCUT2D eigenvalue weighted by Gasteiger charge is 2.27. The van der Waals surface area contributed by atoms with E-state index in [1.54, 1.807) is 0 Å². The molecule has 0 bridgehead atoms. The molecule has 0 aliphatic rings. The zero-order valence-electron chi connectivity index (χ0n) is 6.99. The number of pyridine rings is 1. The van der Waals surface area contributed by atoms with Crippen molar-refractivity contribution < 1.29 is 22.3 Å². The predicted octanol–water partition coefficient (Wildman–Crippen LogP) is 1.03. The number of alkyl halides is 2. The summed E-state index contributed by atoms with van der Waals surface area (Å²) < 4.78 is 46.6. The number of halogens is 3. The Labute approximate surface area is 88.5 Å². The quantitative estimate of drug-likeness (QED) is 0.828. The number of sulfonamides is 1. The molecular weight excluding hydrogens is 254 g/mol. The molecule has 1 aromatic rings. The van der Waals surface area contributed by atoms with E-state index in [9.17, 15) is 17.2 Å². The van der Waals surface area contributed by atoms with Crippen molar-refractivity contribution in [2.24, 2.45) is 5.14 Å². The lowest BCUT2D eigenvalue weighted by atomic mass is 10.3. The molecule has 0 amide bonds. The summed E-state index contributed by atoms with van der Waals surface area (Å²) in [4.78, 5) is 2.01. The highest BCUT2D eigenvalue weighted by atomic mass is 35.5. The number of hydrogen-bond donors (Lipinski definition) is 2. The highest BCUT2D eigenvalue weighted by Crippen LogP contribution is 2.34. The molecule has 0 saturated heterocycles. The summed E-state index contributed by atoms with van der Waals surface area (Å²) >= 11 is 5.34. The lowest BCUT2D eigenvalue weighted by Gasteiger charge is -2.08. The van der Waals surface area contributed by atoms with Crippen molar-refractivity contribution in [2.45, 2.75) is 11.3 Å². The van der Waals surface area contributed by atoms with Gasteiger partial charge in [0.05, 0.1) is 6.20 Å². The van der Waals surface area contributed by atoms with Gasteiger partial charge in [-0.1, -0.05) is 11.6 Å². The normalized spacial score (nSPS) is 12.1. The standard InChI is InChI=1S/C6H5ClF2N2O3S/c7-3-2(12)1-11-4(6(8)9)5(3)15(10,13)14/h1,6,12H,(H2,10,13,14). The van der Waals surface area contributed by atoms with Crippen molar-refractivity contribution in [1.29, 1.82) is 0 Å². The number of aromatic hydroxyl groups is 1. The maximum atomic E-state index is 12.3. The fourth-order valence-electron chi connectivity index (χ4n) is 0.901. The van der Waals surface area contributed by atoms with E-state index >= 15 is 0 Å². The van der Waals surface area contributed by atoms with Crippen LogP contribution < -0.4 is 5.14 Å². The van der Waals surface area contributed by atoms with Crippen LogP contribution in [0, 0.1) is 0 Å². The second-order valence-corrected chi connectivity index (χ2v) is 4.39. The van der Waals surface area contributed by atoms with Gasteiger partial charge >= 0.3 is 0 Å². The third-order valence-electron chi connectivity index (χ3n) is 1.47. The predicted molar refractivity (Wildman–Crippen MR) is 47.2 cm³/mol. The molecule has 5 nitrogen and oxygen atoms in total. The summed E-state index contributed by atoms with van der Waals surface area (Å²) in [6, 6.07) is 0. The van der Waals surface area contributed by atoms with Crippen molar-refractivity contribution in [3.05, 3.63) is 16.9 Å². The van der Waals surface area contributed by atoms with E-state index in [4.69, 9.17) is 16.7 Å². The molecule has 0 aliphatic carbocycles. The first-order valence-corrected chi connectivity index (χ1v) is 5.36. The maximum Gasteiger partial charge on any atom is 0.281 e. The lowest BCUT2D eigenvalue weighted by Crippen LogP contribution is -2.16. The van der Waals surface area contributed by atoms with Gasteiger partial charge in [-0.3, -0.25) is 0 Å². The van der Waals surface area contributed by atoms with E-state index in [1.807, 2.05) is 0 Å². The van der Waals surface area contributed by atoms with Crippen LogP contribution in [0.2, 0.25) is 5.02 Å². The van der Waals surface area contributed by atoms with Gasteiger partial charge in [0, 0.05) is 0 Å². The number of hydrogen-bond acceptors (Lipinski definition) is 4. The topological polar surface area (TPSA) is 93.3 Å². The zero-order valence-corrected chi connectivity index (χ0v) is 8.56. The minimum Gasteiger partial charge on any atom is -0.505 e. The summed E-state index contributed by atoms with van der Waals surface area (Å²) in [5, 5.41) is 12.9. The molecule has 84 valence electrons. The Hall–Kier alpha value is -0.990. The van der Waals surface area contributed by atoms with Crippen LogP contribution in [0.25, 0.3) is 0 Å². The Bertz CT molecular complexity index is 491. The summed E-state index contributed by atoms with van der Waals surface area (Å²) in [7, 11) is -4.47. The number of rotatable bonds is 2. The summed E-state index contributed by atoms with van der Waals surface area (Å²) in [6.45, 7) is 0. The third-order valence-corrected chi connectivity index (χ3v) is 2.95. The molecule has 0 spiro atoms. The smallest absolute Gasteiger partial charge is 0.281 e. The zero-order chi connectivity index (χ0) is 11.8. The number of aromatic nitrogens is 1. The van der Waals surface area contributed by atoms with E-state index in [0.29, 0.717) is 6.20 Å². The molecule has 0 atom stereocenters. The van der Waals surface area contributed by atoms with Crippen LogP contribution in [0.1, 0.15) is 12.1 Å². The van der Waals surface area contributed by atoms with E-state index in [2.05, 4.69) is 10.1 Å². The van der Waals surface area contributed by atoms with Gasteiger partial charge in [-0.15, -0.1) is 0 Å². The average molecular weight is 259 g/mol. The van der Waals surface area contributed by atoms with Gasteiger partial charge in [-0.2, -0.15) is 0 Å². The van der Waals surface area contributed by atoms with Crippen molar-refractivity contribution in [1.82, 2.24) is 4.98 Å². The molecule has 0 aliphatic heterocycles. The van der Waals surface area contributed by atoms with Crippen LogP contribution in [0.15, 0.2) is 11.1 Å². The van der Waals surface area contributed by atoms with E-state index in [1.165, 1.54) is 0 Å². The monoisotopic (exact) mass is 258 g/mol. The maximum absolute atomic E-state index is 12.3.